The smallest absolute Gasteiger partial charge is 0.150 e. The molecule has 0 heterocycles. The molecule has 0 aromatic carbocycles. The number of aliphatic hydroxyl groups excluding tert-OH is 3. The van der Waals surface area contributed by atoms with Crippen LogP contribution in [-0.4, -0.2) is 47.2 Å². The van der Waals surface area contributed by atoms with Crippen molar-refractivity contribution in [3.8, 4) is 0 Å². The maximum atomic E-state index is 9.33. The number of aldehydes is 2. The van der Waals surface area contributed by atoms with E-state index in [0.717, 1.165) is 0 Å². The van der Waals surface area contributed by atoms with Gasteiger partial charge in [-0.3, -0.25) is 0 Å². The second kappa shape index (κ2) is 12.0. The third kappa shape index (κ3) is 17.6. The molecule has 66 valence electrons. The lowest BCUT2D eigenvalue weighted by atomic mass is 10.4. The molecule has 1 unspecified atom stereocenters. The van der Waals surface area contributed by atoms with Gasteiger partial charge in [-0.25, -0.2) is 0 Å². The van der Waals surface area contributed by atoms with Crippen molar-refractivity contribution in [1.29, 1.82) is 0 Å². The summed E-state index contributed by atoms with van der Waals surface area (Å²) < 4.78 is 0. The first kappa shape index (κ1) is 12.9. The molecule has 0 amide bonds. The summed E-state index contributed by atoms with van der Waals surface area (Å²) in [4.78, 5) is 18.6. The fourth-order valence-electron chi connectivity index (χ4n) is 0.0957. The van der Waals surface area contributed by atoms with Crippen molar-refractivity contribution < 1.29 is 24.9 Å². The highest BCUT2D eigenvalue weighted by Gasteiger charge is 1.92. The Morgan fingerprint density at radius 2 is 1.82 bits per heavy atom. The molecule has 5 heteroatoms. The summed E-state index contributed by atoms with van der Waals surface area (Å²) in [5.74, 6) is 0. The van der Waals surface area contributed by atoms with Crippen molar-refractivity contribution in [1.82, 2.24) is 0 Å². The minimum absolute atomic E-state index is 0.0243. The van der Waals surface area contributed by atoms with Crippen molar-refractivity contribution in [3.05, 3.63) is 0 Å². The summed E-state index contributed by atoms with van der Waals surface area (Å²) in [5, 5.41) is 23.7. The van der Waals surface area contributed by atoms with E-state index in [1.807, 2.05) is 0 Å². The van der Waals surface area contributed by atoms with E-state index >= 15 is 0 Å². The van der Waals surface area contributed by atoms with Crippen LogP contribution in [0.5, 0.6) is 0 Å². The lowest BCUT2D eigenvalue weighted by Crippen LogP contribution is -2.12. The zero-order valence-corrected chi connectivity index (χ0v) is 6.01. The molecular weight excluding hydrogens is 152 g/mol. The van der Waals surface area contributed by atoms with Gasteiger partial charge >= 0.3 is 0 Å². The second-order valence-corrected chi connectivity index (χ2v) is 1.56. The van der Waals surface area contributed by atoms with Crippen molar-refractivity contribution in [2.45, 2.75) is 12.5 Å². The van der Waals surface area contributed by atoms with Crippen molar-refractivity contribution in [3.63, 3.8) is 0 Å². The van der Waals surface area contributed by atoms with Crippen LogP contribution < -0.4 is 0 Å². The third-order valence-corrected chi connectivity index (χ3v) is 0.591. The van der Waals surface area contributed by atoms with Crippen molar-refractivity contribution >= 4 is 12.6 Å². The van der Waals surface area contributed by atoms with E-state index in [1.54, 1.807) is 0 Å². The summed E-state index contributed by atoms with van der Waals surface area (Å²) >= 11 is 0. The monoisotopic (exact) mass is 164 g/mol. The van der Waals surface area contributed by atoms with Gasteiger partial charge < -0.3 is 24.9 Å². The van der Waals surface area contributed by atoms with Crippen LogP contribution in [0.15, 0.2) is 0 Å². The minimum Gasteiger partial charge on any atom is -0.396 e. The maximum Gasteiger partial charge on any atom is 0.150 e. The lowest BCUT2D eigenvalue weighted by molar-refractivity contribution is -0.116. The van der Waals surface area contributed by atoms with Gasteiger partial charge in [0.25, 0.3) is 0 Å². The van der Waals surface area contributed by atoms with Crippen LogP contribution in [0.25, 0.3) is 0 Å². The predicted octanol–water partition coefficient (Wildman–Crippen LogP) is -1.89. The van der Waals surface area contributed by atoms with E-state index < -0.39 is 12.7 Å². The molecule has 0 fully saturated rings. The average Bonchev–Trinajstić information content (AvgIpc) is 2.06. The number of aliphatic hydroxyl groups is 3. The Balaban J connectivity index is 0. The minimum atomic E-state index is -1.19. The molecular formula is C6H12O5. The van der Waals surface area contributed by atoms with Gasteiger partial charge in [0, 0.05) is 13.0 Å². The molecule has 1 atom stereocenters. The molecule has 0 aromatic rings. The second-order valence-electron chi connectivity index (χ2n) is 1.56. The van der Waals surface area contributed by atoms with Gasteiger partial charge in [-0.15, -0.1) is 0 Å². The average molecular weight is 164 g/mol. The van der Waals surface area contributed by atoms with E-state index in [4.69, 9.17) is 15.3 Å². The van der Waals surface area contributed by atoms with E-state index in [-0.39, 0.29) is 19.3 Å². The number of hydrogen-bond acceptors (Lipinski definition) is 5. The molecule has 11 heavy (non-hydrogen) atoms. The molecule has 0 aliphatic carbocycles. The van der Waals surface area contributed by atoms with Crippen LogP contribution in [0.2, 0.25) is 0 Å². The SMILES string of the molecule is O=CC(O)CO.O=CCCO. The predicted molar refractivity (Wildman–Crippen MR) is 36.9 cm³/mol. The Hall–Kier alpha value is -0.780. The number of rotatable bonds is 4. The Morgan fingerprint density at radius 3 is 1.82 bits per heavy atom. The van der Waals surface area contributed by atoms with Crippen LogP contribution in [0.4, 0.5) is 0 Å². The Labute approximate surface area is 64.3 Å². The van der Waals surface area contributed by atoms with E-state index in [0.29, 0.717) is 6.29 Å². The molecule has 0 radical (unpaired) electrons. The summed E-state index contributed by atoms with van der Waals surface area (Å²) in [7, 11) is 0. The summed E-state index contributed by atoms with van der Waals surface area (Å²) in [6.07, 6.45) is 0.0324. The number of hydrogen-bond donors (Lipinski definition) is 3. The highest BCUT2D eigenvalue weighted by atomic mass is 16.3. The Kier molecular flexibility index (Phi) is 14.0. The molecule has 0 spiro atoms. The maximum absolute atomic E-state index is 9.33. The largest absolute Gasteiger partial charge is 0.396 e. The quantitative estimate of drug-likeness (QED) is 0.422. The van der Waals surface area contributed by atoms with Gasteiger partial charge in [0.2, 0.25) is 0 Å². The van der Waals surface area contributed by atoms with Gasteiger partial charge in [0.15, 0.2) is 6.29 Å². The molecule has 3 N–H and O–H groups in total. The van der Waals surface area contributed by atoms with Crippen LogP contribution in [0.3, 0.4) is 0 Å². The van der Waals surface area contributed by atoms with Gasteiger partial charge in [-0.2, -0.15) is 0 Å². The molecule has 0 aliphatic rings. The highest BCUT2D eigenvalue weighted by Crippen LogP contribution is 1.66. The lowest BCUT2D eigenvalue weighted by Gasteiger charge is -1.89. The summed E-state index contributed by atoms with van der Waals surface area (Å²) in [5.41, 5.74) is 0. The van der Waals surface area contributed by atoms with Gasteiger partial charge in [0.05, 0.1) is 6.61 Å². The van der Waals surface area contributed by atoms with Crippen LogP contribution in [0.1, 0.15) is 6.42 Å². The van der Waals surface area contributed by atoms with E-state index in [2.05, 4.69) is 0 Å². The molecule has 0 aromatic heterocycles. The zero-order valence-electron chi connectivity index (χ0n) is 6.01. The van der Waals surface area contributed by atoms with Gasteiger partial charge in [0.1, 0.15) is 12.4 Å². The fourth-order valence-corrected chi connectivity index (χ4v) is 0.0957. The summed E-state index contributed by atoms with van der Waals surface area (Å²) in [6, 6.07) is 0. The topological polar surface area (TPSA) is 94.8 Å². The Morgan fingerprint density at radius 1 is 1.27 bits per heavy atom. The van der Waals surface area contributed by atoms with Crippen molar-refractivity contribution in [2.75, 3.05) is 13.2 Å². The first-order valence-electron chi connectivity index (χ1n) is 3.01. The van der Waals surface area contributed by atoms with E-state index in [1.165, 1.54) is 0 Å². The standard InChI is InChI=1S/C3H6O3.C3H6O2/c4-1-3(6)2-5;4-2-1-3-5/h1,3,5-6H,2H2;2,5H,1,3H2. The third-order valence-electron chi connectivity index (χ3n) is 0.591. The fraction of sp³-hybridized carbons (Fsp3) is 0.667. The first-order valence-corrected chi connectivity index (χ1v) is 3.01. The number of carbonyl (C=O) groups excluding carboxylic acids is 2. The molecule has 5 nitrogen and oxygen atoms in total. The molecule has 0 rings (SSSR count). The first-order chi connectivity index (χ1) is 5.22. The number of carbonyl (C=O) groups is 2. The van der Waals surface area contributed by atoms with Crippen LogP contribution in [-0.2, 0) is 9.59 Å². The van der Waals surface area contributed by atoms with E-state index in [9.17, 15) is 9.59 Å². The van der Waals surface area contributed by atoms with Crippen LogP contribution >= 0.6 is 0 Å². The molecule has 0 aliphatic heterocycles. The van der Waals surface area contributed by atoms with Crippen LogP contribution in [0, 0.1) is 0 Å². The molecule has 0 saturated heterocycles. The van der Waals surface area contributed by atoms with Gasteiger partial charge in [-0.1, -0.05) is 0 Å². The normalized spacial score (nSPS) is 10.8. The molecule has 0 bridgehead atoms. The zero-order chi connectivity index (χ0) is 9.11. The summed E-state index contributed by atoms with van der Waals surface area (Å²) in [6.45, 7) is -0.507. The van der Waals surface area contributed by atoms with Gasteiger partial charge in [-0.05, 0) is 0 Å². The molecule has 0 saturated carbocycles. The Bertz CT molecular complexity index is 93.0. The van der Waals surface area contributed by atoms with Crippen molar-refractivity contribution in [2.24, 2.45) is 0 Å². The highest BCUT2D eigenvalue weighted by molar-refractivity contribution is 5.55.